The maximum atomic E-state index is 9.48. The Balaban J connectivity index is -0.0000000865. The summed E-state index contributed by atoms with van der Waals surface area (Å²) in [6, 6.07) is 0. The molecule has 107 valence electrons. The topological polar surface area (TPSA) is 172 Å². The van der Waals surface area contributed by atoms with Crippen LogP contribution in [0.3, 0.4) is 0 Å². The maximum Gasteiger partial charge on any atom is 3.00 e. The summed E-state index contributed by atoms with van der Waals surface area (Å²) in [5.41, 5.74) is 0. The van der Waals surface area contributed by atoms with Gasteiger partial charge in [-0.05, 0) is 0 Å². The van der Waals surface area contributed by atoms with Gasteiger partial charge in [0.1, 0.15) is 17.9 Å². The number of rotatable bonds is 3. The standard InChI is InChI=1S/3C3H4O3.Fe/c3*1-2(4)3(5)6;/h3*1H3,(H,5,6);/q;;;+3/p-3. The summed E-state index contributed by atoms with van der Waals surface area (Å²) in [5, 5.41) is 27.7. The minimum absolute atomic E-state index is 0. The molecule has 0 amide bonds. The molecule has 9 nitrogen and oxygen atoms in total. The van der Waals surface area contributed by atoms with Crippen LogP contribution in [0.1, 0.15) is 20.8 Å². The summed E-state index contributed by atoms with van der Waals surface area (Å²) in [5.74, 6) is -7.69. The molecule has 19 heavy (non-hydrogen) atoms. The van der Waals surface area contributed by atoms with E-state index in [0.717, 1.165) is 20.8 Å². The zero-order valence-corrected chi connectivity index (χ0v) is 11.1. The second-order valence-corrected chi connectivity index (χ2v) is 2.53. The van der Waals surface area contributed by atoms with Crippen molar-refractivity contribution in [3.05, 3.63) is 0 Å². The predicted octanol–water partition coefficient (Wildman–Crippen LogP) is -5.03. The zero-order valence-electron chi connectivity index (χ0n) is 10.0. The van der Waals surface area contributed by atoms with E-state index in [1.165, 1.54) is 0 Å². The fourth-order valence-corrected chi connectivity index (χ4v) is 0. The molecule has 0 aromatic heterocycles. The number of carbonyl (C=O) groups excluding carboxylic acids is 6. The van der Waals surface area contributed by atoms with Crippen molar-refractivity contribution in [1.82, 2.24) is 0 Å². The second kappa shape index (κ2) is 14.0. The molecule has 0 saturated carbocycles. The van der Waals surface area contributed by atoms with Crippen molar-refractivity contribution < 1.29 is 61.2 Å². The van der Waals surface area contributed by atoms with Gasteiger partial charge in [-0.3, -0.25) is 14.4 Å². The van der Waals surface area contributed by atoms with Gasteiger partial charge in [0.25, 0.3) is 0 Å². The van der Waals surface area contributed by atoms with Crippen LogP contribution in [-0.2, 0) is 45.8 Å². The predicted molar refractivity (Wildman–Crippen MR) is 47.1 cm³/mol. The van der Waals surface area contributed by atoms with Crippen LogP contribution in [0.2, 0.25) is 0 Å². The third-order valence-corrected chi connectivity index (χ3v) is 0.862. The Labute approximate surface area is 118 Å². The summed E-state index contributed by atoms with van der Waals surface area (Å²) >= 11 is 0. The molecule has 0 N–H and O–H groups in total. The van der Waals surface area contributed by atoms with Crippen LogP contribution in [0.25, 0.3) is 0 Å². The Kier molecular flexibility index (Phi) is 18.9. The molecule has 0 spiro atoms. The van der Waals surface area contributed by atoms with E-state index >= 15 is 0 Å². The number of hydrogen-bond donors (Lipinski definition) is 0. The molecule has 0 rings (SSSR count). The van der Waals surface area contributed by atoms with Crippen LogP contribution in [0.15, 0.2) is 0 Å². The van der Waals surface area contributed by atoms with Gasteiger partial charge >= 0.3 is 17.1 Å². The monoisotopic (exact) mass is 317 g/mol. The molecule has 0 aromatic rings. The van der Waals surface area contributed by atoms with Gasteiger partial charge in [0, 0.05) is 20.8 Å². The van der Waals surface area contributed by atoms with Crippen molar-refractivity contribution >= 4 is 35.3 Å². The van der Waals surface area contributed by atoms with E-state index in [9.17, 15) is 44.1 Å². The Morgan fingerprint density at radius 3 is 0.579 bits per heavy atom. The fraction of sp³-hybridized carbons (Fsp3) is 0.333. The van der Waals surface area contributed by atoms with Crippen LogP contribution in [0.4, 0.5) is 0 Å². The van der Waals surface area contributed by atoms with Gasteiger partial charge in [0.05, 0.1) is 0 Å². The summed E-state index contributed by atoms with van der Waals surface area (Å²) < 4.78 is 0. The van der Waals surface area contributed by atoms with Crippen molar-refractivity contribution in [3.8, 4) is 0 Å². The Hall–Kier alpha value is -2.06. The molecular weight excluding hydrogens is 308 g/mol. The van der Waals surface area contributed by atoms with Crippen LogP contribution in [-0.4, -0.2) is 35.3 Å². The van der Waals surface area contributed by atoms with Gasteiger partial charge in [0.2, 0.25) is 0 Å². The molecule has 0 aromatic carbocycles. The molecule has 0 aliphatic heterocycles. The van der Waals surface area contributed by atoms with Crippen LogP contribution < -0.4 is 15.3 Å². The molecule has 0 aliphatic rings. The summed E-state index contributed by atoms with van der Waals surface area (Å²) in [7, 11) is 0. The van der Waals surface area contributed by atoms with E-state index in [0.29, 0.717) is 0 Å². The van der Waals surface area contributed by atoms with E-state index in [4.69, 9.17) is 0 Å². The molecule has 0 fully saturated rings. The van der Waals surface area contributed by atoms with Crippen molar-refractivity contribution in [3.63, 3.8) is 0 Å². The minimum Gasteiger partial charge on any atom is -0.542 e. The Bertz CT molecular complexity index is 279. The number of carboxylic acids is 3. The molecule has 0 heterocycles. The first kappa shape index (κ1) is 25.7. The van der Waals surface area contributed by atoms with Gasteiger partial charge in [0.15, 0.2) is 17.3 Å². The van der Waals surface area contributed by atoms with Gasteiger partial charge in [-0.15, -0.1) is 0 Å². The minimum atomic E-state index is -1.63. The molecular formula is C9H9FeO9. The third kappa shape index (κ3) is 31.4. The van der Waals surface area contributed by atoms with E-state index < -0.39 is 35.3 Å². The van der Waals surface area contributed by atoms with E-state index in [-0.39, 0.29) is 17.1 Å². The number of hydrogen-bond acceptors (Lipinski definition) is 9. The third-order valence-electron chi connectivity index (χ3n) is 0.862. The van der Waals surface area contributed by atoms with Crippen molar-refractivity contribution in [1.29, 1.82) is 0 Å². The molecule has 0 aliphatic carbocycles. The van der Waals surface area contributed by atoms with Crippen LogP contribution in [0.5, 0.6) is 0 Å². The van der Waals surface area contributed by atoms with Crippen molar-refractivity contribution in [2.75, 3.05) is 0 Å². The number of Topliss-reactive ketones (excluding diaryl/α,β-unsaturated/α-hetero) is 3. The quantitative estimate of drug-likeness (QED) is 0.365. The van der Waals surface area contributed by atoms with E-state index in [1.54, 1.807) is 0 Å². The summed E-state index contributed by atoms with van der Waals surface area (Å²) in [4.78, 5) is 56.2. The Morgan fingerprint density at radius 1 is 0.526 bits per heavy atom. The normalized spacial score (nSPS) is 7.11. The summed E-state index contributed by atoms with van der Waals surface area (Å²) in [6.07, 6.45) is 0. The first-order valence-electron chi connectivity index (χ1n) is 4.09. The molecule has 0 unspecified atom stereocenters. The first-order chi connectivity index (χ1) is 7.93. The largest absolute Gasteiger partial charge is 3.00 e. The molecule has 0 saturated heterocycles. The number of carbonyl (C=O) groups is 6. The van der Waals surface area contributed by atoms with Gasteiger partial charge in [-0.1, -0.05) is 0 Å². The zero-order chi connectivity index (χ0) is 15.5. The molecule has 1 radical (unpaired) electrons. The SMILES string of the molecule is CC(=O)C(=O)[O-].CC(=O)C(=O)[O-].CC(=O)C(=O)[O-].[Fe+3]. The van der Waals surface area contributed by atoms with E-state index in [2.05, 4.69) is 0 Å². The number of carboxylic acid groups (broad SMARTS) is 3. The van der Waals surface area contributed by atoms with Gasteiger partial charge in [-0.2, -0.15) is 0 Å². The molecule has 0 bridgehead atoms. The van der Waals surface area contributed by atoms with E-state index in [1.807, 2.05) is 0 Å². The maximum absolute atomic E-state index is 9.48. The smallest absolute Gasteiger partial charge is 0.542 e. The first-order valence-corrected chi connectivity index (χ1v) is 4.09. The molecule has 10 heteroatoms. The fourth-order valence-electron chi connectivity index (χ4n) is 0. The molecule has 0 atom stereocenters. The van der Waals surface area contributed by atoms with Crippen molar-refractivity contribution in [2.24, 2.45) is 0 Å². The Morgan fingerprint density at radius 2 is 0.579 bits per heavy atom. The van der Waals surface area contributed by atoms with Gasteiger partial charge in [-0.25, -0.2) is 0 Å². The van der Waals surface area contributed by atoms with Gasteiger partial charge < -0.3 is 29.7 Å². The number of ketones is 3. The average molecular weight is 317 g/mol. The second-order valence-electron chi connectivity index (χ2n) is 2.53. The van der Waals surface area contributed by atoms with Crippen molar-refractivity contribution in [2.45, 2.75) is 20.8 Å². The summed E-state index contributed by atoms with van der Waals surface area (Å²) in [6.45, 7) is 2.82. The van der Waals surface area contributed by atoms with Crippen LogP contribution in [0, 0.1) is 0 Å². The number of aliphatic carboxylic acids is 3. The average Bonchev–Trinajstić information content (AvgIpc) is 2.18. The van der Waals surface area contributed by atoms with Crippen LogP contribution >= 0.6 is 0 Å².